The molecule has 1 aliphatic rings. The summed E-state index contributed by atoms with van der Waals surface area (Å²) in [6.07, 6.45) is 4.63. The highest BCUT2D eigenvalue weighted by Gasteiger charge is 2.42. The molecule has 0 heterocycles. The van der Waals surface area contributed by atoms with Crippen LogP contribution in [0.5, 0.6) is 0 Å². The van der Waals surface area contributed by atoms with Crippen LogP contribution in [-0.2, 0) is 32.2 Å². The number of carbonyl (C=O) groups excluding carboxylic acids is 3. The lowest BCUT2D eigenvalue weighted by Gasteiger charge is -2.26. The molecular formula is C32H32Cl3N3O5. The molecule has 3 aromatic carbocycles. The van der Waals surface area contributed by atoms with E-state index in [1.165, 1.54) is 0 Å². The predicted molar refractivity (Wildman–Crippen MR) is 169 cm³/mol. The lowest BCUT2D eigenvalue weighted by molar-refractivity contribution is -0.148. The van der Waals surface area contributed by atoms with Crippen LogP contribution in [0.4, 0.5) is 5.69 Å². The number of hydrogen-bond donors (Lipinski definition) is 2. The number of hydrogen-bond acceptors (Lipinski definition) is 6. The Kier molecular flexibility index (Phi) is 11.4. The Labute approximate surface area is 265 Å². The Morgan fingerprint density at radius 2 is 1.56 bits per heavy atom. The molecule has 0 unspecified atom stereocenters. The molecule has 3 aromatic rings. The minimum absolute atomic E-state index is 0.173. The van der Waals surface area contributed by atoms with Gasteiger partial charge in [0, 0.05) is 17.1 Å². The predicted octanol–water partition coefficient (Wildman–Crippen LogP) is 7.25. The van der Waals surface area contributed by atoms with E-state index in [2.05, 4.69) is 15.8 Å². The third-order valence-corrected chi connectivity index (χ3v) is 8.07. The van der Waals surface area contributed by atoms with Gasteiger partial charge in [0.1, 0.15) is 12.6 Å². The average molecular weight is 645 g/mol. The van der Waals surface area contributed by atoms with Crippen molar-refractivity contribution < 1.29 is 24.0 Å². The first kappa shape index (κ1) is 32.3. The normalized spacial score (nSPS) is 14.7. The minimum Gasteiger partial charge on any atom is -0.464 e. The van der Waals surface area contributed by atoms with E-state index in [-0.39, 0.29) is 41.2 Å². The van der Waals surface area contributed by atoms with Crippen molar-refractivity contribution in [3.63, 3.8) is 0 Å². The fourth-order valence-electron chi connectivity index (χ4n) is 4.86. The molecule has 4 rings (SSSR count). The van der Waals surface area contributed by atoms with Crippen molar-refractivity contribution in [3.05, 3.63) is 98.5 Å². The van der Waals surface area contributed by atoms with Crippen LogP contribution >= 0.6 is 34.8 Å². The van der Waals surface area contributed by atoms with Gasteiger partial charge >= 0.3 is 5.97 Å². The number of benzene rings is 3. The Balaban J connectivity index is 1.41. The number of nitrogens with one attached hydrogen (secondary N) is 2. The second-order valence-electron chi connectivity index (χ2n) is 10.2. The molecule has 1 fully saturated rings. The summed E-state index contributed by atoms with van der Waals surface area (Å²) in [5.74, 6) is -1.28. The van der Waals surface area contributed by atoms with Crippen LogP contribution in [0, 0.1) is 5.41 Å². The highest BCUT2D eigenvalue weighted by molar-refractivity contribution is 6.40. The minimum atomic E-state index is -0.921. The summed E-state index contributed by atoms with van der Waals surface area (Å²) in [6.45, 7) is 2.12. The summed E-state index contributed by atoms with van der Waals surface area (Å²) in [5.41, 5.74) is 1.46. The van der Waals surface area contributed by atoms with Gasteiger partial charge in [0.15, 0.2) is 0 Å². The number of carbonyl (C=O) groups is 3. The van der Waals surface area contributed by atoms with Gasteiger partial charge in [-0.1, -0.05) is 83.1 Å². The smallest absolute Gasteiger partial charge is 0.328 e. The summed E-state index contributed by atoms with van der Waals surface area (Å²) in [7, 11) is 0. The Morgan fingerprint density at radius 1 is 0.930 bits per heavy atom. The lowest BCUT2D eigenvalue weighted by atomic mass is 9.86. The van der Waals surface area contributed by atoms with E-state index < -0.39 is 23.3 Å². The first-order chi connectivity index (χ1) is 20.7. The van der Waals surface area contributed by atoms with Crippen LogP contribution < -0.4 is 10.6 Å². The Morgan fingerprint density at radius 3 is 2.19 bits per heavy atom. The van der Waals surface area contributed by atoms with Crippen molar-refractivity contribution in [3.8, 4) is 0 Å². The summed E-state index contributed by atoms with van der Waals surface area (Å²) in [5, 5.41) is 10.9. The maximum absolute atomic E-state index is 13.6. The van der Waals surface area contributed by atoms with E-state index in [1.807, 2.05) is 12.1 Å². The van der Waals surface area contributed by atoms with Crippen molar-refractivity contribution in [1.82, 2.24) is 5.32 Å². The van der Waals surface area contributed by atoms with Crippen LogP contribution in [-0.4, -0.2) is 36.6 Å². The second-order valence-corrected chi connectivity index (χ2v) is 11.5. The molecule has 2 amide bonds. The fraction of sp³-hybridized carbons (Fsp3) is 0.312. The highest BCUT2D eigenvalue weighted by Crippen LogP contribution is 2.37. The molecule has 1 aliphatic carbocycles. The number of nitrogens with zero attached hydrogens (tertiary/aromatic N) is 1. The zero-order valence-electron chi connectivity index (χ0n) is 23.6. The summed E-state index contributed by atoms with van der Waals surface area (Å²) in [6, 6.07) is 18.1. The highest BCUT2D eigenvalue weighted by atomic mass is 35.5. The first-order valence-electron chi connectivity index (χ1n) is 13.9. The number of halogens is 3. The molecule has 1 saturated carbocycles. The van der Waals surface area contributed by atoms with Crippen molar-refractivity contribution in [2.75, 3.05) is 11.9 Å². The number of anilines is 1. The van der Waals surface area contributed by atoms with Crippen molar-refractivity contribution in [1.29, 1.82) is 0 Å². The van der Waals surface area contributed by atoms with Crippen LogP contribution in [0.15, 0.2) is 71.9 Å². The maximum atomic E-state index is 13.6. The molecule has 0 aliphatic heterocycles. The molecule has 1 atom stereocenters. The van der Waals surface area contributed by atoms with Gasteiger partial charge in [-0.2, -0.15) is 0 Å². The zero-order valence-corrected chi connectivity index (χ0v) is 25.8. The van der Waals surface area contributed by atoms with Crippen LogP contribution in [0.3, 0.4) is 0 Å². The molecule has 0 bridgehead atoms. The van der Waals surface area contributed by atoms with Gasteiger partial charge in [0.25, 0.3) is 5.91 Å². The number of rotatable bonds is 12. The molecule has 11 heteroatoms. The van der Waals surface area contributed by atoms with Gasteiger partial charge in [-0.3, -0.25) is 9.59 Å². The average Bonchev–Trinajstić information content (AvgIpc) is 3.47. The van der Waals surface area contributed by atoms with Crippen molar-refractivity contribution in [2.24, 2.45) is 10.6 Å². The second kappa shape index (κ2) is 15.2. The summed E-state index contributed by atoms with van der Waals surface area (Å²) < 4.78 is 5.27. The van der Waals surface area contributed by atoms with E-state index in [4.69, 9.17) is 44.4 Å². The van der Waals surface area contributed by atoms with Crippen LogP contribution in [0.1, 0.15) is 54.1 Å². The summed E-state index contributed by atoms with van der Waals surface area (Å²) >= 11 is 18.2. The summed E-state index contributed by atoms with van der Waals surface area (Å²) in [4.78, 5) is 44.7. The standard InChI is InChI=1S/C32H32Cl3N3O5/c1-2-42-30(40)27(18-21-10-14-24(15-11-21)37-29(39)28-25(34)6-5-7-26(28)35)38-31(41)32(16-3-4-17-32)20-36-43-19-22-8-12-23(33)13-9-22/h5-15,20,27H,2-4,16-19H2,1H3,(H,37,39)(H,38,41)/t27-/m0/s1. The van der Waals surface area contributed by atoms with Crippen molar-refractivity contribution >= 4 is 64.5 Å². The molecule has 2 N–H and O–H groups in total. The Hall–Kier alpha value is -3.59. The third kappa shape index (κ3) is 8.72. The van der Waals surface area contributed by atoms with Gasteiger partial charge < -0.3 is 20.2 Å². The monoisotopic (exact) mass is 643 g/mol. The number of ether oxygens (including phenoxy) is 1. The van der Waals surface area contributed by atoms with Gasteiger partial charge in [0.05, 0.1) is 33.8 Å². The lowest BCUT2D eigenvalue weighted by Crippen LogP contribution is -2.50. The number of amides is 2. The quantitative estimate of drug-likeness (QED) is 0.123. The van der Waals surface area contributed by atoms with E-state index >= 15 is 0 Å². The molecule has 0 aromatic heterocycles. The van der Waals surface area contributed by atoms with E-state index in [1.54, 1.807) is 67.7 Å². The maximum Gasteiger partial charge on any atom is 0.328 e. The fourth-order valence-corrected chi connectivity index (χ4v) is 5.55. The molecule has 8 nitrogen and oxygen atoms in total. The van der Waals surface area contributed by atoms with Gasteiger partial charge in [-0.05, 0) is 67.3 Å². The molecule has 226 valence electrons. The van der Waals surface area contributed by atoms with Gasteiger partial charge in [-0.15, -0.1) is 0 Å². The molecule has 43 heavy (non-hydrogen) atoms. The van der Waals surface area contributed by atoms with Crippen LogP contribution in [0.2, 0.25) is 15.1 Å². The molecule has 0 saturated heterocycles. The number of esters is 1. The Bertz CT molecular complexity index is 1440. The molecule has 0 spiro atoms. The molecular weight excluding hydrogens is 613 g/mol. The SMILES string of the molecule is CCOC(=O)[C@H](Cc1ccc(NC(=O)c2c(Cl)cccc2Cl)cc1)NC(=O)C1(C=NOCc2ccc(Cl)cc2)CCCC1. The zero-order chi connectivity index (χ0) is 30.8. The van der Waals surface area contributed by atoms with Crippen LogP contribution in [0.25, 0.3) is 0 Å². The van der Waals surface area contributed by atoms with Gasteiger partial charge in [-0.25, -0.2) is 4.79 Å². The van der Waals surface area contributed by atoms with E-state index in [0.717, 1.165) is 24.0 Å². The topological polar surface area (TPSA) is 106 Å². The van der Waals surface area contributed by atoms with Gasteiger partial charge in [0.2, 0.25) is 5.91 Å². The van der Waals surface area contributed by atoms with E-state index in [0.29, 0.717) is 23.6 Å². The largest absolute Gasteiger partial charge is 0.464 e. The van der Waals surface area contributed by atoms with E-state index in [9.17, 15) is 14.4 Å². The number of oxime groups is 1. The molecule has 0 radical (unpaired) electrons. The van der Waals surface area contributed by atoms with Crippen molar-refractivity contribution in [2.45, 2.75) is 51.7 Å². The first-order valence-corrected chi connectivity index (χ1v) is 15.1. The third-order valence-electron chi connectivity index (χ3n) is 7.18.